The molecular formula is C31H36F2N6O. The number of hydrogen-bond donors (Lipinski definition) is 1. The van der Waals surface area contributed by atoms with E-state index in [1.807, 2.05) is 6.07 Å². The highest BCUT2D eigenvalue weighted by Gasteiger charge is 2.47. The number of piperidine rings is 1. The Balaban J connectivity index is 1.37. The molecule has 1 saturated heterocycles. The number of rotatable bonds is 1. The first-order valence-electron chi connectivity index (χ1n) is 14.6. The highest BCUT2D eigenvalue weighted by atomic mass is 19.3. The van der Waals surface area contributed by atoms with Crippen LogP contribution in [0.2, 0.25) is 0 Å². The molecule has 1 aromatic carbocycles. The van der Waals surface area contributed by atoms with Gasteiger partial charge in [-0.15, -0.1) is 0 Å². The zero-order valence-corrected chi connectivity index (χ0v) is 22.8. The Morgan fingerprint density at radius 2 is 1.73 bits per heavy atom. The Kier molecular flexibility index (Phi) is 7.30. The minimum Gasteiger partial charge on any atom is -0.365 e. The number of pyridine rings is 1. The van der Waals surface area contributed by atoms with Crippen LogP contribution in [0, 0.1) is 17.2 Å². The molecule has 210 valence electrons. The van der Waals surface area contributed by atoms with Crippen LogP contribution in [0.1, 0.15) is 74.5 Å². The van der Waals surface area contributed by atoms with Gasteiger partial charge >= 0.3 is 0 Å². The van der Waals surface area contributed by atoms with Crippen LogP contribution in [0.4, 0.5) is 14.6 Å². The van der Waals surface area contributed by atoms with Crippen LogP contribution in [0.25, 0.3) is 11.0 Å². The topological polar surface area (TPSA) is 86.8 Å². The Labute approximate surface area is 233 Å². The summed E-state index contributed by atoms with van der Waals surface area (Å²) in [5.74, 6) is -3.01. The van der Waals surface area contributed by atoms with E-state index in [1.165, 1.54) is 12.4 Å². The van der Waals surface area contributed by atoms with Gasteiger partial charge in [-0.1, -0.05) is 37.5 Å². The molecule has 0 amide bonds. The van der Waals surface area contributed by atoms with Crippen molar-refractivity contribution in [3.05, 3.63) is 63.7 Å². The number of alkyl halides is 2. The normalized spacial score (nSPS) is 24.5. The number of nitrogens with zero attached hydrogens (tertiary/aromatic N) is 5. The van der Waals surface area contributed by atoms with E-state index in [-0.39, 0.29) is 11.1 Å². The molecule has 5 heterocycles. The van der Waals surface area contributed by atoms with Gasteiger partial charge in [-0.05, 0) is 75.9 Å². The number of nitriles is 1. The summed E-state index contributed by atoms with van der Waals surface area (Å²) in [4.78, 5) is 24.9. The Bertz CT molecular complexity index is 1480. The molecule has 3 aliphatic heterocycles. The Morgan fingerprint density at radius 3 is 2.48 bits per heavy atom. The molecule has 7 nitrogen and oxygen atoms in total. The van der Waals surface area contributed by atoms with Gasteiger partial charge in [0, 0.05) is 30.1 Å². The fraction of sp³-hybridized carbons (Fsp3) is 0.548. The van der Waals surface area contributed by atoms with Crippen LogP contribution in [0.15, 0.2) is 41.5 Å². The number of fused-ring (bicyclic) bond motifs is 9. The maximum absolute atomic E-state index is 15.6. The summed E-state index contributed by atoms with van der Waals surface area (Å²) in [6, 6.07) is 10.8. The molecule has 1 aliphatic carbocycles. The van der Waals surface area contributed by atoms with Crippen molar-refractivity contribution in [1.82, 2.24) is 19.4 Å². The lowest BCUT2D eigenvalue weighted by atomic mass is 9.86. The molecule has 2 aromatic heterocycles. The molecule has 9 heteroatoms. The first kappa shape index (κ1) is 26.8. The SMILES string of the molecule is N#CC1(c2cc3c4ncnc3n(c2=O)CCCCCCCN2CCC(CC2)C(F)(F)c2cccc(c2)CN4)CC1. The number of hydrogen-bond acceptors (Lipinski definition) is 6. The van der Waals surface area contributed by atoms with Crippen LogP contribution in [0.3, 0.4) is 0 Å². The summed E-state index contributed by atoms with van der Waals surface area (Å²) in [5, 5.41) is 13.9. The van der Waals surface area contributed by atoms with Gasteiger partial charge in [0.2, 0.25) is 0 Å². The summed E-state index contributed by atoms with van der Waals surface area (Å²) < 4.78 is 33.0. The van der Waals surface area contributed by atoms with Gasteiger partial charge < -0.3 is 10.2 Å². The van der Waals surface area contributed by atoms with Crippen molar-refractivity contribution in [2.75, 3.05) is 25.0 Å². The summed E-state index contributed by atoms with van der Waals surface area (Å²) >= 11 is 0. The number of halogens is 2. The number of anilines is 1. The second-order valence-electron chi connectivity index (χ2n) is 11.7. The minimum absolute atomic E-state index is 0.0597. The highest BCUT2D eigenvalue weighted by molar-refractivity contribution is 5.87. The average molecular weight is 547 g/mol. The van der Waals surface area contributed by atoms with Crippen molar-refractivity contribution in [2.45, 2.75) is 82.2 Å². The maximum Gasteiger partial charge on any atom is 0.276 e. The second-order valence-corrected chi connectivity index (χ2v) is 11.7. The van der Waals surface area contributed by atoms with Crippen molar-refractivity contribution < 1.29 is 8.78 Å². The molecule has 7 rings (SSSR count). The molecule has 0 unspecified atom stereocenters. The molecule has 3 aromatic rings. The molecule has 0 spiro atoms. The van der Waals surface area contributed by atoms with Gasteiger partial charge in [-0.25, -0.2) is 18.7 Å². The van der Waals surface area contributed by atoms with E-state index in [0.29, 0.717) is 61.2 Å². The smallest absolute Gasteiger partial charge is 0.276 e. The van der Waals surface area contributed by atoms with E-state index in [4.69, 9.17) is 0 Å². The third-order valence-electron chi connectivity index (χ3n) is 9.09. The Hall–Kier alpha value is -3.38. The zero-order valence-electron chi connectivity index (χ0n) is 22.8. The third kappa shape index (κ3) is 5.10. The lowest BCUT2D eigenvalue weighted by molar-refractivity contribution is -0.0855. The van der Waals surface area contributed by atoms with Crippen molar-refractivity contribution in [1.29, 1.82) is 5.26 Å². The van der Waals surface area contributed by atoms with Crippen molar-refractivity contribution >= 4 is 16.9 Å². The monoisotopic (exact) mass is 546 g/mol. The van der Waals surface area contributed by atoms with E-state index in [0.717, 1.165) is 57.3 Å². The van der Waals surface area contributed by atoms with Gasteiger partial charge in [0.15, 0.2) is 0 Å². The van der Waals surface area contributed by atoms with Gasteiger partial charge in [-0.3, -0.25) is 9.36 Å². The fourth-order valence-electron chi connectivity index (χ4n) is 6.40. The van der Waals surface area contributed by atoms with Gasteiger partial charge in [-0.2, -0.15) is 5.26 Å². The predicted molar refractivity (Wildman–Crippen MR) is 150 cm³/mol. The molecule has 4 aliphatic rings. The third-order valence-corrected chi connectivity index (χ3v) is 9.09. The van der Waals surface area contributed by atoms with Gasteiger partial charge in [0.05, 0.1) is 16.9 Å². The largest absolute Gasteiger partial charge is 0.365 e. The molecular weight excluding hydrogens is 510 g/mol. The molecule has 40 heavy (non-hydrogen) atoms. The summed E-state index contributed by atoms with van der Waals surface area (Å²) in [5.41, 5.74) is 0.940. The van der Waals surface area contributed by atoms with Crippen LogP contribution >= 0.6 is 0 Å². The Morgan fingerprint density at radius 1 is 0.975 bits per heavy atom. The highest BCUT2D eigenvalue weighted by Crippen LogP contribution is 2.47. The number of nitrogens with one attached hydrogen (secondary N) is 1. The van der Waals surface area contributed by atoms with Crippen LogP contribution in [0.5, 0.6) is 0 Å². The fourth-order valence-corrected chi connectivity index (χ4v) is 6.40. The molecule has 8 bridgehead atoms. The van der Waals surface area contributed by atoms with E-state index < -0.39 is 17.3 Å². The molecule has 2 fully saturated rings. The van der Waals surface area contributed by atoms with Crippen molar-refractivity contribution in [3.63, 3.8) is 0 Å². The lowest BCUT2D eigenvalue weighted by Crippen LogP contribution is -2.40. The van der Waals surface area contributed by atoms with Crippen molar-refractivity contribution in [2.24, 2.45) is 5.92 Å². The predicted octanol–water partition coefficient (Wildman–Crippen LogP) is 5.73. The summed E-state index contributed by atoms with van der Waals surface area (Å²) in [6.07, 6.45) is 8.79. The molecule has 0 radical (unpaired) electrons. The first-order valence-corrected chi connectivity index (χ1v) is 14.6. The number of benzene rings is 1. The van der Waals surface area contributed by atoms with Crippen LogP contribution in [-0.2, 0) is 24.4 Å². The van der Waals surface area contributed by atoms with Crippen LogP contribution in [-0.4, -0.2) is 39.1 Å². The van der Waals surface area contributed by atoms with E-state index in [9.17, 15) is 10.1 Å². The van der Waals surface area contributed by atoms with E-state index in [2.05, 4.69) is 26.3 Å². The van der Waals surface area contributed by atoms with Crippen molar-refractivity contribution in [3.8, 4) is 6.07 Å². The average Bonchev–Trinajstić information content (AvgIpc) is 3.77. The van der Waals surface area contributed by atoms with Gasteiger partial charge in [0.1, 0.15) is 17.8 Å². The summed E-state index contributed by atoms with van der Waals surface area (Å²) in [7, 11) is 0. The van der Waals surface area contributed by atoms with Gasteiger partial charge in [0.25, 0.3) is 11.5 Å². The molecule has 1 saturated carbocycles. The maximum atomic E-state index is 15.6. The minimum atomic E-state index is -2.89. The quantitative estimate of drug-likeness (QED) is 0.420. The second kappa shape index (κ2) is 10.9. The lowest BCUT2D eigenvalue weighted by Gasteiger charge is -2.36. The number of aryl methyl sites for hydroxylation is 1. The summed E-state index contributed by atoms with van der Waals surface area (Å²) in [6.45, 7) is 3.21. The van der Waals surface area contributed by atoms with E-state index in [1.54, 1.807) is 22.8 Å². The van der Waals surface area contributed by atoms with Crippen LogP contribution < -0.4 is 10.9 Å². The number of aromatic nitrogens is 3. The molecule has 1 N–H and O–H groups in total. The standard InChI is InChI=1S/C31H36F2N6O/c32-31(33)23-9-15-38(16-10-23)13-4-2-1-3-5-14-39-28-25(18-26(29(39)40)30(20-34)11-12-30)27(36-21-37-28)35-19-22-7-6-8-24(31)17-22/h6-8,17-18,21,23H,1-5,9-16,19H2,(H,35,36,37). The van der Waals surface area contributed by atoms with E-state index >= 15 is 8.78 Å². The zero-order chi connectivity index (χ0) is 27.7. The first-order chi connectivity index (χ1) is 19.4. The molecule has 0 atom stereocenters.